The number of nitrogens with zero attached hydrogens (tertiary/aromatic N) is 1. The maximum Gasteiger partial charge on any atom is 0.309 e. The zero-order valence-electron chi connectivity index (χ0n) is 20.4. The first-order valence-corrected chi connectivity index (χ1v) is 12.3. The predicted octanol–water partition coefficient (Wildman–Crippen LogP) is 6.60. The summed E-state index contributed by atoms with van der Waals surface area (Å²) in [7, 11) is 2.12. The van der Waals surface area contributed by atoms with Gasteiger partial charge in [-0.3, -0.25) is 4.79 Å². The Balaban J connectivity index is 1.35. The van der Waals surface area contributed by atoms with Gasteiger partial charge < -0.3 is 14.4 Å². The molecule has 2 saturated carbocycles. The molecule has 0 aliphatic heterocycles. The van der Waals surface area contributed by atoms with E-state index in [4.69, 9.17) is 9.47 Å². The van der Waals surface area contributed by atoms with Gasteiger partial charge in [0.05, 0.1) is 18.6 Å². The minimum absolute atomic E-state index is 0.0462. The van der Waals surface area contributed by atoms with Crippen molar-refractivity contribution in [1.29, 1.82) is 0 Å². The summed E-state index contributed by atoms with van der Waals surface area (Å²) in [5, 5.41) is 2.43. The van der Waals surface area contributed by atoms with E-state index in [-0.39, 0.29) is 11.9 Å². The Morgan fingerprint density at radius 2 is 1.66 bits per heavy atom. The first kappa shape index (κ1) is 22.9. The number of benzene rings is 2. The second-order valence-corrected chi connectivity index (χ2v) is 10.8. The molecule has 174 valence electrons. The van der Waals surface area contributed by atoms with Gasteiger partial charge in [0.1, 0.15) is 5.75 Å². The van der Waals surface area contributed by atoms with E-state index < -0.39 is 0 Å². The van der Waals surface area contributed by atoms with Gasteiger partial charge in [-0.25, -0.2) is 0 Å². The van der Waals surface area contributed by atoms with Crippen molar-refractivity contribution in [2.24, 2.45) is 17.3 Å². The molecule has 0 spiro atoms. The van der Waals surface area contributed by atoms with Crippen molar-refractivity contribution in [2.75, 3.05) is 18.6 Å². The van der Waals surface area contributed by atoms with Crippen LogP contribution in [0.25, 0.3) is 10.8 Å². The molecule has 0 saturated heterocycles. The van der Waals surface area contributed by atoms with Crippen molar-refractivity contribution in [2.45, 2.75) is 78.4 Å². The molecule has 32 heavy (non-hydrogen) atoms. The third-order valence-electron chi connectivity index (χ3n) is 7.69. The number of carbonyl (C=O) groups excluding carboxylic acids is 1. The Bertz CT molecular complexity index is 933. The second-order valence-electron chi connectivity index (χ2n) is 10.8. The van der Waals surface area contributed by atoms with Gasteiger partial charge >= 0.3 is 5.97 Å². The monoisotopic (exact) mass is 437 g/mol. The molecule has 2 aliphatic carbocycles. The Morgan fingerprint density at radius 3 is 2.31 bits per heavy atom. The smallest absolute Gasteiger partial charge is 0.309 e. The molecule has 2 aliphatic rings. The molecule has 0 amide bonds. The molecular weight excluding hydrogens is 398 g/mol. The summed E-state index contributed by atoms with van der Waals surface area (Å²) < 4.78 is 11.5. The van der Waals surface area contributed by atoms with Gasteiger partial charge in [-0.05, 0) is 91.8 Å². The zero-order chi connectivity index (χ0) is 22.9. The lowest BCUT2D eigenvalue weighted by Gasteiger charge is -2.41. The highest BCUT2D eigenvalue weighted by Crippen LogP contribution is 2.39. The van der Waals surface area contributed by atoms with E-state index in [1.165, 1.54) is 29.3 Å². The molecule has 4 rings (SSSR count). The molecule has 2 aromatic rings. The fourth-order valence-corrected chi connectivity index (χ4v) is 5.31. The summed E-state index contributed by atoms with van der Waals surface area (Å²) in [6.07, 6.45) is 6.90. The van der Waals surface area contributed by atoms with Crippen LogP contribution in [-0.4, -0.2) is 31.8 Å². The summed E-state index contributed by atoms with van der Waals surface area (Å²) in [5.74, 6) is 1.79. The van der Waals surface area contributed by atoms with Crippen molar-refractivity contribution in [3.8, 4) is 5.75 Å². The fraction of sp³-hybridized carbons (Fsp3) is 0.607. The largest absolute Gasteiger partial charge is 0.490 e. The van der Waals surface area contributed by atoms with Crippen LogP contribution in [0.4, 0.5) is 5.69 Å². The molecule has 2 fully saturated rings. The van der Waals surface area contributed by atoms with Crippen LogP contribution >= 0.6 is 0 Å². The molecule has 0 unspecified atom stereocenters. The molecule has 0 heterocycles. The van der Waals surface area contributed by atoms with E-state index >= 15 is 0 Å². The number of fused-ring (bicyclic) bond motifs is 1. The van der Waals surface area contributed by atoms with Crippen LogP contribution in [0.15, 0.2) is 36.4 Å². The van der Waals surface area contributed by atoms with Crippen molar-refractivity contribution < 1.29 is 14.3 Å². The maximum absolute atomic E-state index is 11.9. The number of ether oxygens (including phenoxy) is 2. The van der Waals surface area contributed by atoms with E-state index in [0.717, 1.165) is 37.4 Å². The van der Waals surface area contributed by atoms with Crippen LogP contribution in [0.1, 0.15) is 66.2 Å². The molecule has 0 bridgehead atoms. The third-order valence-corrected chi connectivity index (χ3v) is 7.69. The first-order valence-electron chi connectivity index (χ1n) is 12.3. The number of hydrogen-bond donors (Lipinski definition) is 0. The molecular formula is C28H39NO3. The molecule has 0 N–H and O–H groups in total. The SMILES string of the molecule is CCOC(=O)C1CC(N(C)c2ccc3cc(OC4CCC(C(C)(C)C)CC4)ccc3c2)C1. The molecule has 4 heteroatoms. The second kappa shape index (κ2) is 9.33. The van der Waals surface area contributed by atoms with Crippen LogP contribution in [0, 0.1) is 17.3 Å². The van der Waals surface area contributed by atoms with Gasteiger partial charge in [-0.1, -0.05) is 32.9 Å². The highest BCUT2D eigenvalue weighted by Gasteiger charge is 2.38. The summed E-state index contributed by atoms with van der Waals surface area (Å²) >= 11 is 0. The van der Waals surface area contributed by atoms with Gasteiger partial charge in [0.25, 0.3) is 0 Å². The van der Waals surface area contributed by atoms with Crippen molar-refractivity contribution in [3.63, 3.8) is 0 Å². The minimum Gasteiger partial charge on any atom is -0.490 e. The topological polar surface area (TPSA) is 38.8 Å². The maximum atomic E-state index is 11.9. The van der Waals surface area contributed by atoms with Gasteiger partial charge in [-0.2, -0.15) is 0 Å². The fourth-order valence-electron chi connectivity index (χ4n) is 5.31. The summed E-state index contributed by atoms with van der Waals surface area (Å²) in [4.78, 5) is 14.2. The van der Waals surface area contributed by atoms with E-state index in [1.807, 2.05) is 6.92 Å². The van der Waals surface area contributed by atoms with Crippen LogP contribution in [0.3, 0.4) is 0 Å². The summed E-state index contributed by atoms with van der Waals surface area (Å²) in [6.45, 7) is 9.40. The highest BCUT2D eigenvalue weighted by molar-refractivity contribution is 5.87. The van der Waals surface area contributed by atoms with Crippen molar-refractivity contribution in [1.82, 2.24) is 0 Å². The van der Waals surface area contributed by atoms with Crippen LogP contribution in [0.2, 0.25) is 0 Å². The molecule has 4 nitrogen and oxygen atoms in total. The predicted molar refractivity (Wildman–Crippen MR) is 131 cm³/mol. The number of esters is 1. The Kier molecular flexibility index (Phi) is 6.69. The summed E-state index contributed by atoms with van der Waals surface area (Å²) in [6, 6.07) is 13.5. The average molecular weight is 438 g/mol. The number of hydrogen-bond acceptors (Lipinski definition) is 4. The van der Waals surface area contributed by atoms with E-state index in [0.29, 0.717) is 24.2 Å². The molecule has 0 aromatic heterocycles. The van der Waals surface area contributed by atoms with E-state index in [1.54, 1.807) is 0 Å². The van der Waals surface area contributed by atoms with Crippen LogP contribution in [0.5, 0.6) is 5.75 Å². The molecule has 2 aromatic carbocycles. The van der Waals surface area contributed by atoms with Gasteiger partial charge in [0.15, 0.2) is 0 Å². The minimum atomic E-state index is -0.0462. The molecule has 0 atom stereocenters. The molecule has 0 radical (unpaired) electrons. The lowest BCUT2D eigenvalue weighted by Crippen LogP contribution is -2.45. The van der Waals surface area contributed by atoms with E-state index in [9.17, 15) is 4.79 Å². The highest BCUT2D eigenvalue weighted by atomic mass is 16.5. The number of rotatable bonds is 6. The quantitative estimate of drug-likeness (QED) is 0.477. The lowest BCUT2D eigenvalue weighted by atomic mass is 9.72. The number of carbonyl (C=O) groups is 1. The first-order chi connectivity index (χ1) is 15.2. The Morgan fingerprint density at radius 1 is 1.00 bits per heavy atom. The van der Waals surface area contributed by atoms with Crippen molar-refractivity contribution in [3.05, 3.63) is 36.4 Å². The lowest BCUT2D eigenvalue weighted by molar-refractivity contribution is -0.151. The zero-order valence-corrected chi connectivity index (χ0v) is 20.4. The third kappa shape index (κ3) is 5.05. The number of anilines is 1. The van der Waals surface area contributed by atoms with Gasteiger partial charge in [0.2, 0.25) is 0 Å². The van der Waals surface area contributed by atoms with E-state index in [2.05, 4.69) is 69.1 Å². The van der Waals surface area contributed by atoms with Crippen molar-refractivity contribution >= 4 is 22.4 Å². The van der Waals surface area contributed by atoms with Gasteiger partial charge in [-0.15, -0.1) is 0 Å². The Labute approximate surface area is 193 Å². The normalized spacial score (nSPS) is 25.8. The van der Waals surface area contributed by atoms with Gasteiger partial charge in [0, 0.05) is 18.8 Å². The standard InChI is InChI=1S/C28H39NO3/c1-6-31-27(30)21-16-24(17-21)29(5)23-11-7-20-18-26(12-8-19(20)15-23)32-25-13-9-22(10-14-25)28(2,3)4/h7-8,11-12,15,18,21-22,24-25H,6,9-10,13-14,16-17H2,1-5H3. The average Bonchev–Trinajstić information content (AvgIpc) is 2.72. The summed E-state index contributed by atoms with van der Waals surface area (Å²) in [5.41, 5.74) is 1.59. The van der Waals surface area contributed by atoms with Crippen LogP contribution in [-0.2, 0) is 9.53 Å². The van der Waals surface area contributed by atoms with Crippen LogP contribution < -0.4 is 9.64 Å². The Hall–Kier alpha value is -2.23.